The van der Waals surface area contributed by atoms with Crippen LogP contribution >= 0.6 is 0 Å². The van der Waals surface area contributed by atoms with E-state index < -0.39 is 0 Å². The zero-order valence-corrected chi connectivity index (χ0v) is 17.1. The van der Waals surface area contributed by atoms with Gasteiger partial charge in [-0.3, -0.25) is 4.90 Å². The second-order valence-corrected chi connectivity index (χ2v) is 7.44. The molecule has 130 valence electrons. The highest BCUT2D eigenvalue weighted by atomic mass is 127. The SMILES string of the molecule is CCCCCCCC[n+]1ccc2c(c1)C1C(CC2)CCN1C.[I-]. The molecule has 0 spiro atoms. The number of nitrogens with zero attached hydrogens (tertiary/aromatic N) is 2. The number of fused-ring (bicyclic) bond motifs is 3. The van der Waals surface area contributed by atoms with E-state index in [2.05, 4.69) is 41.9 Å². The molecule has 2 unspecified atom stereocenters. The third-order valence-electron chi connectivity index (χ3n) is 5.79. The normalized spacial score (nSPS) is 23.2. The van der Waals surface area contributed by atoms with Gasteiger partial charge in [-0.25, -0.2) is 4.57 Å². The maximum Gasteiger partial charge on any atom is 0.173 e. The molecule has 3 rings (SSSR count). The van der Waals surface area contributed by atoms with Crippen LogP contribution in [0.4, 0.5) is 0 Å². The predicted octanol–water partition coefficient (Wildman–Crippen LogP) is 1.28. The number of rotatable bonds is 7. The van der Waals surface area contributed by atoms with Gasteiger partial charge in [0.05, 0.1) is 0 Å². The molecule has 2 heterocycles. The number of halogens is 1. The largest absolute Gasteiger partial charge is 1.00 e. The molecule has 2 aliphatic rings. The molecular weight excluding hydrogens is 395 g/mol. The second-order valence-electron chi connectivity index (χ2n) is 7.44. The van der Waals surface area contributed by atoms with E-state index >= 15 is 0 Å². The van der Waals surface area contributed by atoms with Crippen LogP contribution in [0, 0.1) is 5.92 Å². The molecule has 2 atom stereocenters. The first-order chi connectivity index (χ1) is 10.8. The zero-order chi connectivity index (χ0) is 15.4. The monoisotopic (exact) mass is 428 g/mol. The van der Waals surface area contributed by atoms with Gasteiger partial charge in [-0.05, 0) is 50.8 Å². The lowest BCUT2D eigenvalue weighted by atomic mass is 9.81. The van der Waals surface area contributed by atoms with Crippen molar-refractivity contribution in [3.05, 3.63) is 29.6 Å². The van der Waals surface area contributed by atoms with Crippen molar-refractivity contribution >= 4 is 0 Å². The van der Waals surface area contributed by atoms with Gasteiger partial charge in [-0.15, -0.1) is 0 Å². The molecule has 1 aliphatic heterocycles. The fourth-order valence-corrected chi connectivity index (χ4v) is 4.46. The lowest BCUT2D eigenvalue weighted by molar-refractivity contribution is -0.698. The van der Waals surface area contributed by atoms with Crippen molar-refractivity contribution < 1.29 is 28.5 Å². The molecule has 23 heavy (non-hydrogen) atoms. The first kappa shape index (κ1) is 19.2. The highest BCUT2D eigenvalue weighted by Crippen LogP contribution is 2.43. The van der Waals surface area contributed by atoms with Gasteiger partial charge in [0.25, 0.3) is 0 Å². The Morgan fingerprint density at radius 3 is 2.74 bits per heavy atom. The number of pyridine rings is 1. The van der Waals surface area contributed by atoms with E-state index in [0.717, 1.165) is 5.92 Å². The number of likely N-dealkylation sites (tertiary alicyclic amines) is 1. The molecule has 0 radical (unpaired) electrons. The first-order valence-corrected chi connectivity index (χ1v) is 9.51. The molecule has 1 aliphatic carbocycles. The Morgan fingerprint density at radius 1 is 1.13 bits per heavy atom. The van der Waals surface area contributed by atoms with Crippen LogP contribution in [0.2, 0.25) is 0 Å². The minimum atomic E-state index is 0. The van der Waals surface area contributed by atoms with Gasteiger partial charge < -0.3 is 24.0 Å². The lowest BCUT2D eigenvalue weighted by Gasteiger charge is -2.30. The van der Waals surface area contributed by atoms with Crippen molar-refractivity contribution in [1.82, 2.24) is 4.90 Å². The van der Waals surface area contributed by atoms with E-state index in [1.807, 2.05) is 0 Å². The molecule has 0 amide bonds. The summed E-state index contributed by atoms with van der Waals surface area (Å²) in [7, 11) is 2.31. The van der Waals surface area contributed by atoms with Crippen molar-refractivity contribution in [3.63, 3.8) is 0 Å². The summed E-state index contributed by atoms with van der Waals surface area (Å²) >= 11 is 0. The van der Waals surface area contributed by atoms with Gasteiger partial charge in [0.1, 0.15) is 6.54 Å². The van der Waals surface area contributed by atoms with E-state index in [0.29, 0.717) is 6.04 Å². The maximum atomic E-state index is 2.58. The van der Waals surface area contributed by atoms with Crippen LogP contribution in [0.25, 0.3) is 0 Å². The van der Waals surface area contributed by atoms with Gasteiger partial charge in [-0.1, -0.05) is 32.6 Å². The molecule has 1 saturated heterocycles. The summed E-state index contributed by atoms with van der Waals surface area (Å²) in [6.07, 6.45) is 17.2. The van der Waals surface area contributed by atoms with Crippen molar-refractivity contribution in [3.8, 4) is 0 Å². The number of unbranched alkanes of at least 4 members (excludes halogenated alkanes) is 5. The van der Waals surface area contributed by atoms with Gasteiger partial charge in [0.15, 0.2) is 12.4 Å². The highest BCUT2D eigenvalue weighted by molar-refractivity contribution is 5.29. The van der Waals surface area contributed by atoms with E-state index in [-0.39, 0.29) is 24.0 Å². The summed E-state index contributed by atoms with van der Waals surface area (Å²) < 4.78 is 2.45. The fraction of sp³-hybridized carbons (Fsp3) is 0.750. The smallest absolute Gasteiger partial charge is 0.173 e. The van der Waals surface area contributed by atoms with Crippen molar-refractivity contribution in [2.45, 2.75) is 77.3 Å². The number of hydrogen-bond donors (Lipinski definition) is 0. The topological polar surface area (TPSA) is 7.12 Å². The lowest BCUT2D eigenvalue weighted by Crippen LogP contribution is -3.00. The van der Waals surface area contributed by atoms with Crippen molar-refractivity contribution in [1.29, 1.82) is 0 Å². The van der Waals surface area contributed by atoms with Gasteiger partial charge in [-0.2, -0.15) is 0 Å². The van der Waals surface area contributed by atoms with Crippen LogP contribution < -0.4 is 28.5 Å². The standard InChI is InChI=1S/C20H33N2.HI/c1-3-4-5-6-7-8-13-22-15-12-17-9-10-18-11-14-21(2)20(18)19(17)16-22;/h12,15-16,18,20H,3-11,13-14H2,1-2H3;1H/q+1;/p-1. The predicted molar refractivity (Wildman–Crippen MR) is 91.8 cm³/mol. The number of aromatic nitrogens is 1. The minimum Gasteiger partial charge on any atom is -1.00 e. The molecular formula is C20H33IN2. The van der Waals surface area contributed by atoms with Gasteiger partial charge in [0.2, 0.25) is 0 Å². The zero-order valence-electron chi connectivity index (χ0n) is 14.9. The van der Waals surface area contributed by atoms with E-state index in [1.54, 1.807) is 11.1 Å². The molecule has 2 nitrogen and oxygen atoms in total. The van der Waals surface area contributed by atoms with Crippen LogP contribution in [-0.4, -0.2) is 18.5 Å². The third kappa shape index (κ3) is 4.68. The number of hydrogen-bond acceptors (Lipinski definition) is 1. The van der Waals surface area contributed by atoms with Gasteiger partial charge in [0, 0.05) is 24.1 Å². The quantitative estimate of drug-likeness (QED) is 0.361. The van der Waals surface area contributed by atoms with Crippen LogP contribution in [0.3, 0.4) is 0 Å². The Balaban J connectivity index is 0.00000192. The molecule has 3 heteroatoms. The molecule has 1 aromatic rings. The van der Waals surface area contributed by atoms with Crippen LogP contribution in [0.1, 0.15) is 75.5 Å². The summed E-state index contributed by atoms with van der Waals surface area (Å²) in [6, 6.07) is 3.09. The molecule has 1 aromatic heterocycles. The summed E-state index contributed by atoms with van der Waals surface area (Å²) in [4.78, 5) is 2.58. The molecule has 1 fully saturated rings. The minimum absolute atomic E-state index is 0. The molecule has 0 bridgehead atoms. The number of aryl methyl sites for hydroxylation is 2. The summed E-state index contributed by atoms with van der Waals surface area (Å²) in [5.74, 6) is 0.905. The van der Waals surface area contributed by atoms with E-state index in [9.17, 15) is 0 Å². The van der Waals surface area contributed by atoms with E-state index in [4.69, 9.17) is 0 Å². The first-order valence-electron chi connectivity index (χ1n) is 9.51. The fourth-order valence-electron chi connectivity index (χ4n) is 4.46. The third-order valence-corrected chi connectivity index (χ3v) is 5.79. The average molecular weight is 428 g/mol. The van der Waals surface area contributed by atoms with Crippen LogP contribution in [0.15, 0.2) is 18.5 Å². The summed E-state index contributed by atoms with van der Waals surface area (Å²) in [5, 5.41) is 0. The van der Waals surface area contributed by atoms with E-state index in [1.165, 1.54) is 70.9 Å². The van der Waals surface area contributed by atoms with Crippen LogP contribution in [-0.2, 0) is 13.0 Å². The van der Waals surface area contributed by atoms with Crippen LogP contribution in [0.5, 0.6) is 0 Å². The summed E-state index contributed by atoms with van der Waals surface area (Å²) in [6.45, 7) is 4.76. The molecule has 0 N–H and O–H groups in total. The Hall–Kier alpha value is -0.160. The summed E-state index contributed by atoms with van der Waals surface area (Å²) in [5.41, 5.74) is 3.24. The second kappa shape index (κ2) is 9.36. The average Bonchev–Trinajstić information content (AvgIpc) is 2.92. The maximum absolute atomic E-state index is 2.58. The van der Waals surface area contributed by atoms with Gasteiger partial charge >= 0.3 is 0 Å². The Labute approximate surface area is 159 Å². The van der Waals surface area contributed by atoms with Crippen molar-refractivity contribution in [2.24, 2.45) is 5.92 Å². The highest BCUT2D eigenvalue weighted by Gasteiger charge is 2.38. The molecule has 0 saturated carbocycles. The Morgan fingerprint density at radius 2 is 1.91 bits per heavy atom. The molecule has 0 aromatic carbocycles. The Bertz CT molecular complexity index is 489. The Kier molecular flexibility index (Phi) is 7.80. The van der Waals surface area contributed by atoms with Crippen molar-refractivity contribution in [2.75, 3.05) is 13.6 Å².